The second-order valence-corrected chi connectivity index (χ2v) is 7.60. The minimum atomic E-state index is -0.409. The SMILES string of the molecule is CN(C(=O)O[C@H]1C[C@@H](c2cc(NC(=O)C3CCCC3)[nH]n2)C1)c1ccccn1. The molecular formula is C20H25N5O3. The molecule has 2 aliphatic carbocycles. The molecule has 0 unspecified atom stereocenters. The average molecular weight is 383 g/mol. The Morgan fingerprint density at radius 1 is 1.25 bits per heavy atom. The molecule has 8 nitrogen and oxygen atoms in total. The molecule has 0 saturated heterocycles. The molecule has 0 aromatic carbocycles. The Kier molecular flexibility index (Phi) is 5.27. The van der Waals surface area contributed by atoms with E-state index in [0.717, 1.165) is 44.2 Å². The van der Waals surface area contributed by atoms with Crippen LogP contribution in [0.2, 0.25) is 0 Å². The lowest BCUT2D eigenvalue weighted by Gasteiger charge is -2.34. The second-order valence-electron chi connectivity index (χ2n) is 7.60. The lowest BCUT2D eigenvalue weighted by atomic mass is 9.80. The van der Waals surface area contributed by atoms with Crippen LogP contribution in [0.3, 0.4) is 0 Å². The van der Waals surface area contributed by atoms with Crippen molar-refractivity contribution in [2.75, 3.05) is 17.3 Å². The van der Waals surface area contributed by atoms with Gasteiger partial charge in [-0.25, -0.2) is 9.78 Å². The summed E-state index contributed by atoms with van der Waals surface area (Å²) in [5.41, 5.74) is 0.895. The van der Waals surface area contributed by atoms with Crippen LogP contribution in [0.25, 0.3) is 0 Å². The van der Waals surface area contributed by atoms with E-state index in [9.17, 15) is 9.59 Å². The number of nitrogens with one attached hydrogen (secondary N) is 2. The summed E-state index contributed by atoms with van der Waals surface area (Å²) in [6, 6.07) is 7.27. The molecule has 2 aliphatic rings. The Morgan fingerprint density at radius 2 is 2.04 bits per heavy atom. The van der Waals surface area contributed by atoms with Crippen molar-refractivity contribution in [1.29, 1.82) is 0 Å². The van der Waals surface area contributed by atoms with Crippen LogP contribution in [0.4, 0.5) is 16.4 Å². The fraction of sp³-hybridized carbons (Fsp3) is 0.500. The standard InChI is InChI=1S/C20H25N5O3/c1-25(18-8-4-5-9-21-18)20(27)28-15-10-14(11-15)16-12-17(24-23-16)22-19(26)13-6-2-3-7-13/h4-5,8-9,12-15H,2-3,6-7,10-11H2,1H3,(H2,22,23,24,26)/t14-,15+. The van der Waals surface area contributed by atoms with Gasteiger partial charge in [0.25, 0.3) is 0 Å². The first-order chi connectivity index (χ1) is 13.6. The monoisotopic (exact) mass is 383 g/mol. The van der Waals surface area contributed by atoms with E-state index >= 15 is 0 Å². The maximum atomic E-state index is 12.2. The van der Waals surface area contributed by atoms with Crippen LogP contribution >= 0.6 is 0 Å². The highest BCUT2D eigenvalue weighted by Crippen LogP contribution is 2.39. The predicted molar refractivity (Wildman–Crippen MR) is 104 cm³/mol. The van der Waals surface area contributed by atoms with Gasteiger partial charge in [0.05, 0.1) is 5.69 Å². The molecule has 2 heterocycles. The van der Waals surface area contributed by atoms with E-state index in [0.29, 0.717) is 11.6 Å². The molecule has 0 aliphatic heterocycles. The summed E-state index contributed by atoms with van der Waals surface area (Å²) in [7, 11) is 1.65. The topological polar surface area (TPSA) is 100 Å². The van der Waals surface area contributed by atoms with Gasteiger partial charge < -0.3 is 10.1 Å². The molecule has 2 fully saturated rings. The fourth-order valence-corrected chi connectivity index (χ4v) is 3.80. The van der Waals surface area contributed by atoms with Crippen LogP contribution in [-0.4, -0.2) is 40.3 Å². The normalized spacial score (nSPS) is 21.8. The molecule has 2 saturated carbocycles. The molecule has 148 valence electrons. The number of amides is 2. The first kappa shape index (κ1) is 18.5. The number of aromatic nitrogens is 3. The fourth-order valence-electron chi connectivity index (χ4n) is 3.80. The van der Waals surface area contributed by atoms with E-state index in [4.69, 9.17) is 4.74 Å². The van der Waals surface area contributed by atoms with Crippen molar-refractivity contribution in [2.24, 2.45) is 5.92 Å². The third-order valence-corrected chi connectivity index (χ3v) is 5.63. The molecule has 0 spiro atoms. The lowest BCUT2D eigenvalue weighted by molar-refractivity contribution is -0.119. The Morgan fingerprint density at radius 3 is 2.75 bits per heavy atom. The summed E-state index contributed by atoms with van der Waals surface area (Å²) in [6.45, 7) is 0. The van der Waals surface area contributed by atoms with Crippen molar-refractivity contribution in [3.05, 3.63) is 36.2 Å². The van der Waals surface area contributed by atoms with Gasteiger partial charge in [-0.2, -0.15) is 5.10 Å². The molecular weight excluding hydrogens is 358 g/mol. The smallest absolute Gasteiger partial charge is 0.415 e. The molecule has 0 bridgehead atoms. The van der Waals surface area contributed by atoms with Gasteiger partial charge in [-0.05, 0) is 37.8 Å². The highest BCUT2D eigenvalue weighted by molar-refractivity contribution is 5.91. The number of ether oxygens (including phenoxy) is 1. The summed E-state index contributed by atoms with van der Waals surface area (Å²) >= 11 is 0. The molecule has 2 aromatic rings. The molecule has 2 aromatic heterocycles. The van der Waals surface area contributed by atoms with Crippen molar-refractivity contribution in [3.63, 3.8) is 0 Å². The van der Waals surface area contributed by atoms with Gasteiger partial charge in [0.1, 0.15) is 17.7 Å². The first-order valence-electron chi connectivity index (χ1n) is 9.81. The zero-order valence-corrected chi connectivity index (χ0v) is 15.9. The number of pyridine rings is 1. The molecule has 0 atom stereocenters. The number of hydrogen-bond acceptors (Lipinski definition) is 5. The summed E-state index contributed by atoms with van der Waals surface area (Å²) in [5, 5.41) is 10.1. The number of aromatic amines is 1. The Labute approximate surface area is 163 Å². The first-order valence-corrected chi connectivity index (χ1v) is 9.81. The number of carbonyl (C=O) groups excluding carboxylic acids is 2. The van der Waals surface area contributed by atoms with Crippen LogP contribution in [0.15, 0.2) is 30.5 Å². The van der Waals surface area contributed by atoms with Gasteiger partial charge in [-0.15, -0.1) is 0 Å². The van der Waals surface area contributed by atoms with Crippen molar-refractivity contribution in [3.8, 4) is 0 Å². The van der Waals surface area contributed by atoms with Crippen molar-refractivity contribution in [1.82, 2.24) is 15.2 Å². The van der Waals surface area contributed by atoms with E-state index in [-0.39, 0.29) is 23.8 Å². The van der Waals surface area contributed by atoms with Crippen molar-refractivity contribution < 1.29 is 14.3 Å². The van der Waals surface area contributed by atoms with Crippen molar-refractivity contribution in [2.45, 2.75) is 50.5 Å². The molecule has 0 radical (unpaired) electrons. The Bertz CT molecular complexity index is 825. The highest BCUT2D eigenvalue weighted by Gasteiger charge is 2.36. The third kappa shape index (κ3) is 4.00. The predicted octanol–water partition coefficient (Wildman–Crippen LogP) is 3.45. The average Bonchev–Trinajstić information content (AvgIpc) is 3.36. The van der Waals surface area contributed by atoms with Crippen LogP contribution in [-0.2, 0) is 9.53 Å². The Balaban J connectivity index is 1.24. The summed E-state index contributed by atoms with van der Waals surface area (Å²) in [4.78, 5) is 30.0. The largest absolute Gasteiger partial charge is 0.446 e. The zero-order chi connectivity index (χ0) is 19.5. The maximum Gasteiger partial charge on any atom is 0.415 e. The number of rotatable bonds is 5. The van der Waals surface area contributed by atoms with E-state index in [1.165, 1.54) is 4.90 Å². The quantitative estimate of drug-likeness (QED) is 0.824. The highest BCUT2D eigenvalue weighted by atomic mass is 16.6. The van der Waals surface area contributed by atoms with E-state index in [1.807, 2.05) is 12.1 Å². The number of anilines is 2. The molecule has 2 N–H and O–H groups in total. The maximum absolute atomic E-state index is 12.2. The van der Waals surface area contributed by atoms with E-state index in [1.54, 1.807) is 25.4 Å². The van der Waals surface area contributed by atoms with Crippen LogP contribution in [0.1, 0.15) is 50.1 Å². The lowest BCUT2D eigenvalue weighted by Crippen LogP contribution is -2.37. The van der Waals surface area contributed by atoms with Gasteiger partial charge >= 0.3 is 6.09 Å². The van der Waals surface area contributed by atoms with Gasteiger partial charge in [0.15, 0.2) is 0 Å². The molecule has 4 rings (SSSR count). The number of carbonyl (C=O) groups is 2. The van der Waals surface area contributed by atoms with Gasteiger partial charge in [-0.3, -0.25) is 14.8 Å². The minimum Gasteiger partial charge on any atom is -0.446 e. The van der Waals surface area contributed by atoms with Gasteiger partial charge in [-0.1, -0.05) is 18.9 Å². The number of H-pyrrole nitrogens is 1. The zero-order valence-electron chi connectivity index (χ0n) is 15.9. The summed E-state index contributed by atoms with van der Waals surface area (Å²) in [5.74, 6) is 1.62. The van der Waals surface area contributed by atoms with E-state index in [2.05, 4.69) is 20.5 Å². The van der Waals surface area contributed by atoms with Crippen LogP contribution in [0.5, 0.6) is 0 Å². The van der Waals surface area contributed by atoms with E-state index < -0.39 is 6.09 Å². The molecule has 28 heavy (non-hydrogen) atoms. The third-order valence-electron chi connectivity index (χ3n) is 5.63. The van der Waals surface area contributed by atoms with Crippen LogP contribution in [0, 0.1) is 5.92 Å². The van der Waals surface area contributed by atoms with Gasteiger partial charge in [0.2, 0.25) is 5.91 Å². The number of nitrogens with zero attached hydrogens (tertiary/aromatic N) is 3. The second kappa shape index (κ2) is 8.00. The van der Waals surface area contributed by atoms with Crippen molar-refractivity contribution >= 4 is 23.6 Å². The number of hydrogen-bond donors (Lipinski definition) is 2. The Hall–Kier alpha value is -2.90. The summed E-state index contributed by atoms with van der Waals surface area (Å²) in [6.07, 6.45) is 6.74. The van der Waals surface area contributed by atoms with Gasteiger partial charge in [0, 0.05) is 31.1 Å². The molecule has 2 amide bonds. The summed E-state index contributed by atoms with van der Waals surface area (Å²) < 4.78 is 5.53. The molecule has 8 heteroatoms. The minimum absolute atomic E-state index is 0.0747. The van der Waals surface area contributed by atoms with Crippen LogP contribution < -0.4 is 10.2 Å².